The molecule has 0 radical (unpaired) electrons. The summed E-state index contributed by atoms with van der Waals surface area (Å²) in [6.45, 7) is 3.77. The topological polar surface area (TPSA) is 81.4 Å². The second kappa shape index (κ2) is 6.78. The Hall–Kier alpha value is -2.04. The molecule has 1 amide bonds. The van der Waals surface area contributed by atoms with E-state index in [0.29, 0.717) is 17.7 Å². The molecule has 0 bridgehead atoms. The third kappa shape index (κ3) is 3.98. The first-order valence-electron chi connectivity index (χ1n) is 6.24. The molecule has 1 atom stereocenters. The highest BCUT2D eigenvalue weighted by Crippen LogP contribution is 2.13. The van der Waals surface area contributed by atoms with Gasteiger partial charge in [0, 0.05) is 11.3 Å². The highest BCUT2D eigenvalue weighted by Gasteiger charge is 2.21. The minimum absolute atomic E-state index is 0.299. The van der Waals surface area contributed by atoms with Crippen molar-refractivity contribution in [3.05, 3.63) is 29.3 Å². The van der Waals surface area contributed by atoms with Crippen molar-refractivity contribution in [1.82, 2.24) is 5.32 Å². The van der Waals surface area contributed by atoms with Gasteiger partial charge in [-0.1, -0.05) is 13.3 Å². The van der Waals surface area contributed by atoms with Crippen LogP contribution in [0.3, 0.4) is 0 Å². The van der Waals surface area contributed by atoms with Crippen molar-refractivity contribution in [1.29, 1.82) is 0 Å². The Balaban J connectivity index is 2.81. The highest BCUT2D eigenvalue weighted by atomic mass is 16.5. The van der Waals surface area contributed by atoms with Crippen LogP contribution in [0, 0.1) is 6.92 Å². The third-order valence-corrected chi connectivity index (χ3v) is 2.90. The Morgan fingerprint density at radius 3 is 2.63 bits per heavy atom. The van der Waals surface area contributed by atoms with E-state index in [-0.39, 0.29) is 5.91 Å². The maximum atomic E-state index is 12.1. The molecule has 1 aromatic rings. The summed E-state index contributed by atoms with van der Waals surface area (Å²) in [7, 11) is 1.31. The molecule has 1 rings (SSSR count). The predicted molar refractivity (Wildman–Crippen MR) is 73.8 cm³/mol. The predicted octanol–water partition coefficient (Wildman–Crippen LogP) is 1.65. The Kier molecular flexibility index (Phi) is 5.36. The van der Waals surface area contributed by atoms with E-state index in [1.54, 1.807) is 18.2 Å². The summed E-state index contributed by atoms with van der Waals surface area (Å²) in [6.07, 6.45) is 1.33. The standard InChI is InChI=1S/C14H20N2O3/c1-4-5-12(14(18)19-3)16-13(17)10-6-7-11(15)9(2)8-10/h6-8,12H,4-5,15H2,1-3H3,(H,16,17)/t12-/m0/s1. The quantitative estimate of drug-likeness (QED) is 0.626. The molecule has 0 saturated carbocycles. The summed E-state index contributed by atoms with van der Waals surface area (Å²) in [6, 6.07) is 4.40. The molecule has 3 N–H and O–H groups in total. The van der Waals surface area contributed by atoms with Gasteiger partial charge in [0.1, 0.15) is 6.04 Å². The summed E-state index contributed by atoms with van der Waals surface area (Å²) in [4.78, 5) is 23.6. The van der Waals surface area contributed by atoms with Crippen LogP contribution in [0.2, 0.25) is 0 Å². The number of nitrogen functional groups attached to an aromatic ring is 1. The van der Waals surface area contributed by atoms with E-state index in [1.807, 2.05) is 13.8 Å². The molecule has 5 nitrogen and oxygen atoms in total. The Morgan fingerprint density at radius 1 is 1.42 bits per heavy atom. The summed E-state index contributed by atoms with van der Waals surface area (Å²) < 4.78 is 4.67. The van der Waals surface area contributed by atoms with Gasteiger partial charge in [0.25, 0.3) is 5.91 Å². The monoisotopic (exact) mass is 264 g/mol. The molecular formula is C14H20N2O3. The minimum Gasteiger partial charge on any atom is -0.467 e. The lowest BCUT2D eigenvalue weighted by Crippen LogP contribution is -2.41. The van der Waals surface area contributed by atoms with E-state index >= 15 is 0 Å². The number of carbonyl (C=O) groups is 2. The van der Waals surface area contributed by atoms with Crippen molar-refractivity contribution < 1.29 is 14.3 Å². The number of anilines is 1. The van der Waals surface area contributed by atoms with Crippen molar-refractivity contribution >= 4 is 17.6 Å². The number of hydrogen-bond donors (Lipinski definition) is 2. The first-order valence-corrected chi connectivity index (χ1v) is 6.24. The van der Waals surface area contributed by atoms with E-state index in [1.165, 1.54) is 7.11 Å². The van der Waals surface area contributed by atoms with Crippen LogP contribution >= 0.6 is 0 Å². The van der Waals surface area contributed by atoms with Crippen molar-refractivity contribution in [2.24, 2.45) is 0 Å². The SMILES string of the molecule is CCC[C@H](NC(=O)c1ccc(N)c(C)c1)C(=O)OC. The maximum absolute atomic E-state index is 12.1. The fourth-order valence-electron chi connectivity index (χ4n) is 1.74. The number of nitrogens with two attached hydrogens (primary N) is 1. The van der Waals surface area contributed by atoms with Crippen LogP contribution in [0.1, 0.15) is 35.7 Å². The van der Waals surface area contributed by atoms with E-state index < -0.39 is 12.0 Å². The second-order valence-electron chi connectivity index (χ2n) is 4.41. The van der Waals surface area contributed by atoms with Crippen molar-refractivity contribution in [3.8, 4) is 0 Å². The van der Waals surface area contributed by atoms with Gasteiger partial charge in [-0.15, -0.1) is 0 Å². The number of amides is 1. The molecular weight excluding hydrogens is 244 g/mol. The van der Waals surface area contributed by atoms with Crippen LogP contribution < -0.4 is 11.1 Å². The molecule has 0 aliphatic heterocycles. The summed E-state index contributed by atoms with van der Waals surface area (Å²) in [5.41, 5.74) is 7.65. The molecule has 19 heavy (non-hydrogen) atoms. The second-order valence-corrected chi connectivity index (χ2v) is 4.41. The number of hydrogen-bond acceptors (Lipinski definition) is 4. The number of esters is 1. The van der Waals surface area contributed by atoms with Gasteiger partial charge in [0.05, 0.1) is 7.11 Å². The molecule has 0 aromatic heterocycles. The fraction of sp³-hybridized carbons (Fsp3) is 0.429. The van der Waals surface area contributed by atoms with Crippen molar-refractivity contribution in [3.63, 3.8) is 0 Å². The molecule has 104 valence electrons. The highest BCUT2D eigenvalue weighted by molar-refractivity contribution is 5.97. The molecule has 5 heteroatoms. The first-order chi connectivity index (χ1) is 8.99. The smallest absolute Gasteiger partial charge is 0.328 e. The number of carbonyl (C=O) groups excluding carboxylic acids is 2. The molecule has 0 fully saturated rings. The lowest BCUT2D eigenvalue weighted by molar-refractivity contribution is -0.143. The minimum atomic E-state index is -0.611. The summed E-state index contributed by atoms with van der Waals surface area (Å²) >= 11 is 0. The Labute approximate surface area is 113 Å². The third-order valence-electron chi connectivity index (χ3n) is 2.90. The van der Waals surface area contributed by atoms with Gasteiger partial charge in [-0.05, 0) is 37.1 Å². The van der Waals surface area contributed by atoms with E-state index in [4.69, 9.17) is 5.73 Å². The fourth-order valence-corrected chi connectivity index (χ4v) is 1.74. The number of nitrogens with one attached hydrogen (secondary N) is 1. The first kappa shape index (κ1) is 15.0. The summed E-state index contributed by atoms with van der Waals surface area (Å²) in [5, 5.41) is 2.68. The van der Waals surface area contributed by atoms with Gasteiger partial charge < -0.3 is 15.8 Å². The van der Waals surface area contributed by atoms with Gasteiger partial charge in [0.15, 0.2) is 0 Å². The van der Waals surface area contributed by atoms with Crippen LogP contribution in [0.4, 0.5) is 5.69 Å². The van der Waals surface area contributed by atoms with Gasteiger partial charge in [-0.3, -0.25) is 4.79 Å². The van der Waals surface area contributed by atoms with Gasteiger partial charge in [-0.25, -0.2) is 4.79 Å². The van der Waals surface area contributed by atoms with Crippen LogP contribution in [0.15, 0.2) is 18.2 Å². The van der Waals surface area contributed by atoms with Crippen LogP contribution in [-0.4, -0.2) is 25.0 Å². The van der Waals surface area contributed by atoms with E-state index in [9.17, 15) is 9.59 Å². The number of rotatable bonds is 5. The maximum Gasteiger partial charge on any atom is 0.328 e. The average molecular weight is 264 g/mol. The van der Waals surface area contributed by atoms with E-state index in [0.717, 1.165) is 12.0 Å². The van der Waals surface area contributed by atoms with Gasteiger partial charge >= 0.3 is 5.97 Å². The zero-order valence-electron chi connectivity index (χ0n) is 11.5. The Bertz CT molecular complexity index is 472. The zero-order chi connectivity index (χ0) is 14.4. The molecule has 0 aliphatic carbocycles. The normalized spacial score (nSPS) is 11.7. The van der Waals surface area contributed by atoms with E-state index in [2.05, 4.69) is 10.1 Å². The molecule has 0 aliphatic rings. The molecule has 0 saturated heterocycles. The zero-order valence-corrected chi connectivity index (χ0v) is 11.5. The van der Waals surface area contributed by atoms with Crippen molar-refractivity contribution in [2.45, 2.75) is 32.7 Å². The molecule has 1 aromatic carbocycles. The lowest BCUT2D eigenvalue weighted by Gasteiger charge is -2.16. The van der Waals surface area contributed by atoms with Gasteiger partial charge in [0.2, 0.25) is 0 Å². The number of ether oxygens (including phenoxy) is 1. The van der Waals surface area contributed by atoms with Crippen LogP contribution in [0.25, 0.3) is 0 Å². The Morgan fingerprint density at radius 2 is 2.11 bits per heavy atom. The van der Waals surface area contributed by atoms with Crippen LogP contribution in [-0.2, 0) is 9.53 Å². The largest absolute Gasteiger partial charge is 0.467 e. The lowest BCUT2D eigenvalue weighted by atomic mass is 10.1. The average Bonchev–Trinajstić information content (AvgIpc) is 2.40. The number of methoxy groups -OCH3 is 1. The molecule has 0 heterocycles. The number of benzene rings is 1. The number of aryl methyl sites for hydroxylation is 1. The van der Waals surface area contributed by atoms with Gasteiger partial charge in [-0.2, -0.15) is 0 Å². The summed E-state index contributed by atoms with van der Waals surface area (Å²) in [5.74, 6) is -0.727. The van der Waals surface area contributed by atoms with Crippen molar-refractivity contribution in [2.75, 3.05) is 12.8 Å². The molecule has 0 spiro atoms. The van der Waals surface area contributed by atoms with Crippen LogP contribution in [0.5, 0.6) is 0 Å². The molecule has 0 unspecified atom stereocenters.